The summed E-state index contributed by atoms with van der Waals surface area (Å²) < 4.78 is 2.96. The standard InChI is InChI=1S/C13H22N2O2/c1-3-5-6-7-10-15-12(16)8-11-14(9-4-2)13(15)17/h8,11H,3-7,9-10H2,1-2H3. The number of rotatable bonds is 7. The van der Waals surface area contributed by atoms with Gasteiger partial charge in [0.05, 0.1) is 0 Å². The van der Waals surface area contributed by atoms with Crippen molar-refractivity contribution in [3.05, 3.63) is 33.1 Å². The highest BCUT2D eigenvalue weighted by Gasteiger charge is 2.03. The Kier molecular flexibility index (Phi) is 5.73. The van der Waals surface area contributed by atoms with E-state index in [9.17, 15) is 9.59 Å². The average Bonchev–Trinajstić information content (AvgIpc) is 2.32. The molecule has 0 spiro atoms. The molecule has 1 aromatic heterocycles. The molecular weight excluding hydrogens is 216 g/mol. The first kappa shape index (κ1) is 13.7. The molecule has 0 aliphatic rings. The first-order valence-electron chi connectivity index (χ1n) is 6.51. The summed E-state index contributed by atoms with van der Waals surface area (Å²) in [5, 5.41) is 0. The van der Waals surface area contributed by atoms with Gasteiger partial charge in [0.15, 0.2) is 0 Å². The second-order valence-electron chi connectivity index (χ2n) is 4.34. The molecule has 0 radical (unpaired) electrons. The number of aryl methyl sites for hydroxylation is 1. The van der Waals surface area contributed by atoms with E-state index in [1.807, 2.05) is 6.92 Å². The van der Waals surface area contributed by atoms with Gasteiger partial charge in [-0.15, -0.1) is 0 Å². The fraction of sp³-hybridized carbons (Fsp3) is 0.692. The normalized spacial score (nSPS) is 10.7. The summed E-state index contributed by atoms with van der Waals surface area (Å²) in [4.78, 5) is 23.6. The van der Waals surface area contributed by atoms with Crippen LogP contribution in [0.25, 0.3) is 0 Å². The Morgan fingerprint density at radius 1 is 1.00 bits per heavy atom. The molecule has 4 heteroatoms. The third-order valence-corrected chi connectivity index (χ3v) is 2.84. The molecule has 96 valence electrons. The zero-order chi connectivity index (χ0) is 12.7. The molecule has 1 heterocycles. The lowest BCUT2D eigenvalue weighted by Gasteiger charge is -2.08. The second kappa shape index (κ2) is 7.09. The first-order chi connectivity index (χ1) is 8.20. The van der Waals surface area contributed by atoms with Crippen LogP contribution in [-0.2, 0) is 13.1 Å². The maximum Gasteiger partial charge on any atom is 0.330 e. The Hall–Kier alpha value is -1.32. The van der Waals surface area contributed by atoms with Gasteiger partial charge in [-0.2, -0.15) is 0 Å². The van der Waals surface area contributed by atoms with E-state index in [-0.39, 0.29) is 11.2 Å². The SMILES string of the molecule is CCCCCCn1c(=O)ccn(CCC)c1=O. The van der Waals surface area contributed by atoms with Crippen molar-refractivity contribution < 1.29 is 0 Å². The van der Waals surface area contributed by atoms with E-state index in [0.717, 1.165) is 32.1 Å². The van der Waals surface area contributed by atoms with Crippen LogP contribution in [0, 0.1) is 0 Å². The topological polar surface area (TPSA) is 44.0 Å². The second-order valence-corrected chi connectivity index (χ2v) is 4.34. The molecule has 4 nitrogen and oxygen atoms in total. The molecule has 1 aromatic rings. The van der Waals surface area contributed by atoms with Crippen LogP contribution in [0.4, 0.5) is 0 Å². The Labute approximate surface area is 102 Å². The van der Waals surface area contributed by atoms with E-state index >= 15 is 0 Å². The Morgan fingerprint density at radius 2 is 1.76 bits per heavy atom. The van der Waals surface area contributed by atoms with Gasteiger partial charge in [-0.1, -0.05) is 33.1 Å². The number of aromatic nitrogens is 2. The Bertz CT molecular complexity index is 445. The summed E-state index contributed by atoms with van der Waals surface area (Å²) in [6.45, 7) is 5.38. The van der Waals surface area contributed by atoms with Crippen molar-refractivity contribution in [1.82, 2.24) is 9.13 Å². The van der Waals surface area contributed by atoms with E-state index in [1.165, 1.54) is 10.6 Å². The maximum atomic E-state index is 12.0. The Balaban J connectivity index is 2.79. The zero-order valence-corrected chi connectivity index (χ0v) is 10.8. The smallest absolute Gasteiger partial charge is 0.300 e. The van der Waals surface area contributed by atoms with Crippen molar-refractivity contribution >= 4 is 0 Å². The van der Waals surface area contributed by atoms with Gasteiger partial charge in [-0.05, 0) is 12.8 Å². The summed E-state index contributed by atoms with van der Waals surface area (Å²) in [5.74, 6) is 0. The van der Waals surface area contributed by atoms with E-state index in [2.05, 4.69) is 6.92 Å². The third kappa shape index (κ3) is 3.88. The molecule has 0 unspecified atom stereocenters. The summed E-state index contributed by atoms with van der Waals surface area (Å²) >= 11 is 0. The van der Waals surface area contributed by atoms with Crippen LogP contribution in [-0.4, -0.2) is 9.13 Å². The average molecular weight is 238 g/mol. The van der Waals surface area contributed by atoms with Crippen LogP contribution in [0.15, 0.2) is 21.9 Å². The lowest BCUT2D eigenvalue weighted by molar-refractivity contribution is 0.511. The van der Waals surface area contributed by atoms with Gasteiger partial charge in [0.25, 0.3) is 5.56 Å². The lowest BCUT2D eigenvalue weighted by Crippen LogP contribution is -2.39. The van der Waals surface area contributed by atoms with Crippen LogP contribution in [0.5, 0.6) is 0 Å². The van der Waals surface area contributed by atoms with Crippen LogP contribution in [0.1, 0.15) is 46.0 Å². The van der Waals surface area contributed by atoms with Gasteiger partial charge in [-0.3, -0.25) is 9.36 Å². The lowest BCUT2D eigenvalue weighted by atomic mass is 10.2. The number of hydrogen-bond acceptors (Lipinski definition) is 2. The first-order valence-corrected chi connectivity index (χ1v) is 6.51. The molecule has 0 aliphatic heterocycles. The summed E-state index contributed by atoms with van der Waals surface area (Å²) in [5.41, 5.74) is -0.352. The van der Waals surface area contributed by atoms with E-state index in [0.29, 0.717) is 13.1 Å². The van der Waals surface area contributed by atoms with Gasteiger partial charge in [0, 0.05) is 25.4 Å². The van der Waals surface area contributed by atoms with Gasteiger partial charge in [-0.25, -0.2) is 4.79 Å². The monoisotopic (exact) mass is 238 g/mol. The minimum absolute atomic E-state index is 0.171. The molecule has 0 saturated carbocycles. The van der Waals surface area contributed by atoms with Crippen molar-refractivity contribution in [2.24, 2.45) is 0 Å². The molecule has 0 fully saturated rings. The molecule has 17 heavy (non-hydrogen) atoms. The van der Waals surface area contributed by atoms with Crippen LogP contribution < -0.4 is 11.2 Å². The summed E-state index contributed by atoms with van der Waals surface area (Å²) in [6.07, 6.45) is 6.78. The van der Waals surface area contributed by atoms with E-state index in [4.69, 9.17) is 0 Å². The highest BCUT2D eigenvalue weighted by molar-refractivity contribution is 4.86. The quantitative estimate of drug-likeness (QED) is 0.682. The number of unbranched alkanes of at least 4 members (excludes halogenated alkanes) is 3. The van der Waals surface area contributed by atoms with Gasteiger partial charge in [0.2, 0.25) is 0 Å². The predicted octanol–water partition coefficient (Wildman–Crippen LogP) is 2.00. The highest BCUT2D eigenvalue weighted by Crippen LogP contribution is 1.99. The minimum atomic E-state index is -0.182. The molecule has 0 amide bonds. The third-order valence-electron chi connectivity index (χ3n) is 2.84. The molecular formula is C13H22N2O2. The van der Waals surface area contributed by atoms with Crippen molar-refractivity contribution in [3.63, 3.8) is 0 Å². The number of hydrogen-bond donors (Lipinski definition) is 0. The molecule has 0 bridgehead atoms. The van der Waals surface area contributed by atoms with Crippen LogP contribution in [0.2, 0.25) is 0 Å². The predicted molar refractivity (Wildman–Crippen MR) is 69.4 cm³/mol. The van der Waals surface area contributed by atoms with E-state index in [1.54, 1.807) is 10.8 Å². The molecule has 0 aliphatic carbocycles. The summed E-state index contributed by atoms with van der Waals surface area (Å²) in [7, 11) is 0. The molecule has 0 N–H and O–H groups in total. The van der Waals surface area contributed by atoms with Crippen LogP contribution in [0.3, 0.4) is 0 Å². The minimum Gasteiger partial charge on any atom is -0.300 e. The molecule has 1 rings (SSSR count). The largest absolute Gasteiger partial charge is 0.330 e. The Morgan fingerprint density at radius 3 is 2.41 bits per heavy atom. The van der Waals surface area contributed by atoms with Crippen molar-refractivity contribution in [1.29, 1.82) is 0 Å². The van der Waals surface area contributed by atoms with Gasteiger partial charge in [0.1, 0.15) is 0 Å². The zero-order valence-electron chi connectivity index (χ0n) is 10.8. The van der Waals surface area contributed by atoms with Crippen molar-refractivity contribution in [2.45, 2.75) is 59.0 Å². The van der Waals surface area contributed by atoms with Crippen molar-refractivity contribution in [3.8, 4) is 0 Å². The van der Waals surface area contributed by atoms with E-state index < -0.39 is 0 Å². The van der Waals surface area contributed by atoms with Crippen molar-refractivity contribution in [2.75, 3.05) is 0 Å². The maximum absolute atomic E-state index is 12.0. The molecule has 0 atom stereocenters. The van der Waals surface area contributed by atoms with Crippen LogP contribution >= 0.6 is 0 Å². The number of nitrogens with zero attached hydrogens (tertiary/aromatic N) is 2. The summed E-state index contributed by atoms with van der Waals surface area (Å²) in [6, 6.07) is 1.48. The highest BCUT2D eigenvalue weighted by atomic mass is 16.2. The van der Waals surface area contributed by atoms with Gasteiger partial charge < -0.3 is 4.57 Å². The molecule has 0 saturated heterocycles. The van der Waals surface area contributed by atoms with Gasteiger partial charge >= 0.3 is 5.69 Å². The fourth-order valence-corrected chi connectivity index (χ4v) is 1.87. The fourth-order valence-electron chi connectivity index (χ4n) is 1.87. The molecule has 0 aromatic carbocycles.